The summed E-state index contributed by atoms with van der Waals surface area (Å²) in [6, 6.07) is 8.16. The zero-order valence-electron chi connectivity index (χ0n) is 14.2. The predicted molar refractivity (Wildman–Crippen MR) is 104 cm³/mol. The number of nitro benzene ring substituents is 1. The highest BCUT2D eigenvalue weighted by molar-refractivity contribution is 6.33. The molecule has 1 N–H and O–H groups in total. The summed E-state index contributed by atoms with van der Waals surface area (Å²) in [5, 5.41) is 24.7. The number of nitro groups is 1. The molecule has 0 amide bonds. The van der Waals surface area contributed by atoms with E-state index in [-0.39, 0.29) is 16.3 Å². The standard InChI is InChI=1S/C18H12Cl2N4O3/c1-9-3-13(20)17(27-2)6-14(9)23-18-10(7-21)8-22-15-5-12(19)16(24(25)26)4-11(15)18/h3-6,8H,1-2H3,(H,22,23). The monoisotopic (exact) mass is 402 g/mol. The van der Waals surface area contributed by atoms with Gasteiger partial charge >= 0.3 is 0 Å². The van der Waals surface area contributed by atoms with Crippen molar-refractivity contribution in [3.63, 3.8) is 0 Å². The van der Waals surface area contributed by atoms with Crippen LogP contribution in [-0.4, -0.2) is 17.0 Å². The Morgan fingerprint density at radius 2 is 2.00 bits per heavy atom. The van der Waals surface area contributed by atoms with Gasteiger partial charge in [0.05, 0.1) is 33.8 Å². The summed E-state index contributed by atoms with van der Waals surface area (Å²) < 4.78 is 5.23. The number of hydrogen-bond donors (Lipinski definition) is 1. The highest BCUT2D eigenvalue weighted by Crippen LogP contribution is 2.37. The minimum atomic E-state index is -0.582. The van der Waals surface area contributed by atoms with E-state index in [0.29, 0.717) is 33.0 Å². The van der Waals surface area contributed by atoms with Gasteiger partial charge in [-0.05, 0) is 24.6 Å². The van der Waals surface area contributed by atoms with Gasteiger partial charge in [0.1, 0.15) is 16.8 Å². The Bertz CT molecular complexity index is 1130. The minimum Gasteiger partial charge on any atom is -0.495 e. The molecule has 1 aromatic heterocycles. The molecule has 0 saturated heterocycles. The lowest BCUT2D eigenvalue weighted by Crippen LogP contribution is -2.00. The molecule has 0 aliphatic rings. The van der Waals surface area contributed by atoms with Crippen molar-refractivity contribution in [3.8, 4) is 11.8 Å². The molecule has 9 heteroatoms. The third-order valence-corrected chi connectivity index (χ3v) is 4.61. The minimum absolute atomic E-state index is 0.0278. The van der Waals surface area contributed by atoms with Crippen LogP contribution in [0, 0.1) is 28.4 Å². The van der Waals surface area contributed by atoms with E-state index in [9.17, 15) is 15.4 Å². The van der Waals surface area contributed by atoms with Crippen LogP contribution in [0.25, 0.3) is 10.9 Å². The number of ether oxygens (including phenoxy) is 1. The number of aromatic nitrogens is 1. The lowest BCUT2D eigenvalue weighted by atomic mass is 10.1. The molecule has 0 atom stereocenters. The largest absolute Gasteiger partial charge is 0.495 e. The number of rotatable bonds is 4. The van der Waals surface area contributed by atoms with Gasteiger partial charge < -0.3 is 10.1 Å². The van der Waals surface area contributed by atoms with E-state index in [1.165, 1.54) is 25.4 Å². The van der Waals surface area contributed by atoms with E-state index in [1.807, 2.05) is 13.0 Å². The maximum absolute atomic E-state index is 11.2. The number of aryl methyl sites for hydroxylation is 1. The fraction of sp³-hybridized carbons (Fsp3) is 0.111. The number of methoxy groups -OCH3 is 1. The second-order valence-electron chi connectivity index (χ2n) is 5.66. The van der Waals surface area contributed by atoms with E-state index in [4.69, 9.17) is 27.9 Å². The molecule has 0 aliphatic heterocycles. The summed E-state index contributed by atoms with van der Waals surface area (Å²) in [5.41, 5.74) is 2.21. The summed E-state index contributed by atoms with van der Waals surface area (Å²) in [4.78, 5) is 14.8. The van der Waals surface area contributed by atoms with Crippen molar-refractivity contribution in [1.82, 2.24) is 4.98 Å². The van der Waals surface area contributed by atoms with Crippen molar-refractivity contribution in [3.05, 3.63) is 61.7 Å². The fourth-order valence-electron chi connectivity index (χ4n) is 2.64. The quantitative estimate of drug-likeness (QED) is 0.464. The van der Waals surface area contributed by atoms with Gasteiger partial charge in [-0.2, -0.15) is 5.26 Å². The average Bonchev–Trinajstić information content (AvgIpc) is 2.63. The van der Waals surface area contributed by atoms with Crippen LogP contribution < -0.4 is 10.1 Å². The van der Waals surface area contributed by atoms with Crippen molar-refractivity contribution in [2.24, 2.45) is 0 Å². The summed E-state index contributed by atoms with van der Waals surface area (Å²) >= 11 is 12.1. The van der Waals surface area contributed by atoms with E-state index >= 15 is 0 Å². The molecule has 0 bridgehead atoms. The summed E-state index contributed by atoms with van der Waals surface area (Å²) in [6.07, 6.45) is 1.38. The number of halogens is 2. The predicted octanol–water partition coefficient (Wildman–Crippen LogP) is 5.38. The Labute approximate surface area is 164 Å². The number of nitrogens with zero attached hydrogens (tertiary/aromatic N) is 3. The van der Waals surface area contributed by atoms with Crippen LogP contribution in [-0.2, 0) is 0 Å². The van der Waals surface area contributed by atoms with Gasteiger partial charge in [-0.3, -0.25) is 15.1 Å². The van der Waals surface area contributed by atoms with Crippen LogP contribution in [0.1, 0.15) is 11.1 Å². The number of hydrogen-bond acceptors (Lipinski definition) is 6. The lowest BCUT2D eigenvalue weighted by Gasteiger charge is -2.15. The summed E-state index contributed by atoms with van der Waals surface area (Å²) in [5.74, 6) is 0.454. The molecule has 3 rings (SSSR count). The molecular formula is C18H12Cl2N4O3. The number of nitrogens with one attached hydrogen (secondary N) is 1. The molecule has 2 aromatic carbocycles. The number of benzene rings is 2. The van der Waals surface area contributed by atoms with Gasteiger partial charge in [0.15, 0.2) is 0 Å². The van der Waals surface area contributed by atoms with Crippen molar-refractivity contribution in [2.75, 3.05) is 12.4 Å². The fourth-order valence-corrected chi connectivity index (χ4v) is 3.16. The third-order valence-electron chi connectivity index (χ3n) is 4.01. The van der Waals surface area contributed by atoms with Crippen molar-refractivity contribution in [2.45, 2.75) is 6.92 Å². The van der Waals surface area contributed by atoms with Gasteiger partial charge in [0, 0.05) is 29.4 Å². The van der Waals surface area contributed by atoms with Crippen LogP contribution >= 0.6 is 23.2 Å². The second-order valence-corrected chi connectivity index (χ2v) is 6.48. The first-order chi connectivity index (χ1) is 12.8. The molecule has 0 aliphatic carbocycles. The Morgan fingerprint density at radius 1 is 1.26 bits per heavy atom. The molecule has 136 valence electrons. The SMILES string of the molecule is COc1cc(Nc2c(C#N)cnc3cc(Cl)c([N+](=O)[O-])cc23)c(C)cc1Cl. The zero-order valence-corrected chi connectivity index (χ0v) is 15.7. The van der Waals surface area contributed by atoms with E-state index in [1.54, 1.807) is 12.1 Å². The van der Waals surface area contributed by atoms with Gasteiger partial charge in [-0.15, -0.1) is 0 Å². The third kappa shape index (κ3) is 3.45. The van der Waals surface area contributed by atoms with E-state index in [2.05, 4.69) is 10.3 Å². The van der Waals surface area contributed by atoms with Crippen LogP contribution in [0.15, 0.2) is 30.5 Å². The summed E-state index contributed by atoms with van der Waals surface area (Å²) in [6.45, 7) is 1.84. The highest BCUT2D eigenvalue weighted by atomic mass is 35.5. The normalized spacial score (nSPS) is 10.5. The molecule has 1 heterocycles. The number of anilines is 2. The van der Waals surface area contributed by atoms with E-state index < -0.39 is 4.92 Å². The van der Waals surface area contributed by atoms with Gasteiger partial charge in [-0.25, -0.2) is 0 Å². The smallest absolute Gasteiger partial charge is 0.288 e. The summed E-state index contributed by atoms with van der Waals surface area (Å²) in [7, 11) is 1.49. The molecular weight excluding hydrogens is 391 g/mol. The highest BCUT2D eigenvalue weighted by Gasteiger charge is 2.19. The van der Waals surface area contributed by atoms with Crippen LogP contribution in [0.3, 0.4) is 0 Å². The van der Waals surface area contributed by atoms with Gasteiger partial charge in [-0.1, -0.05) is 23.2 Å². The average molecular weight is 403 g/mol. The van der Waals surface area contributed by atoms with Gasteiger partial charge in [0.2, 0.25) is 0 Å². The molecule has 3 aromatic rings. The van der Waals surface area contributed by atoms with Crippen molar-refractivity contribution < 1.29 is 9.66 Å². The topological polar surface area (TPSA) is 101 Å². The molecule has 7 nitrogen and oxygen atoms in total. The first kappa shape index (κ1) is 18.7. The Hall–Kier alpha value is -3.08. The molecule has 0 fully saturated rings. The molecule has 0 saturated carbocycles. The van der Waals surface area contributed by atoms with Crippen molar-refractivity contribution >= 4 is 51.2 Å². The Morgan fingerprint density at radius 3 is 2.63 bits per heavy atom. The maximum atomic E-state index is 11.2. The zero-order chi connectivity index (χ0) is 19.7. The maximum Gasteiger partial charge on any atom is 0.288 e. The number of nitriles is 1. The van der Waals surface area contributed by atoms with E-state index in [0.717, 1.165) is 5.56 Å². The first-order valence-corrected chi connectivity index (χ1v) is 8.39. The molecule has 0 radical (unpaired) electrons. The number of fused-ring (bicyclic) bond motifs is 1. The van der Waals surface area contributed by atoms with Crippen LogP contribution in [0.4, 0.5) is 17.1 Å². The van der Waals surface area contributed by atoms with Gasteiger partial charge in [0.25, 0.3) is 5.69 Å². The molecule has 27 heavy (non-hydrogen) atoms. The Balaban J connectivity index is 2.25. The second kappa shape index (κ2) is 7.27. The van der Waals surface area contributed by atoms with Crippen LogP contribution in [0.5, 0.6) is 5.75 Å². The first-order valence-electron chi connectivity index (χ1n) is 7.63. The van der Waals surface area contributed by atoms with Crippen molar-refractivity contribution in [1.29, 1.82) is 5.26 Å². The Kier molecular flexibility index (Phi) is 5.04. The van der Waals surface area contributed by atoms with Crippen LogP contribution in [0.2, 0.25) is 10.0 Å². The molecule has 0 spiro atoms. The lowest BCUT2D eigenvalue weighted by molar-refractivity contribution is -0.384. The molecule has 0 unspecified atom stereocenters. The number of pyridine rings is 1.